The summed E-state index contributed by atoms with van der Waals surface area (Å²) in [6.45, 7) is 2.33. The van der Waals surface area contributed by atoms with Crippen LogP contribution in [0.4, 0.5) is 0 Å². The van der Waals surface area contributed by atoms with E-state index in [1.807, 2.05) is 5.92 Å². The molecule has 4 rings (SSSR count). The van der Waals surface area contributed by atoms with Crippen LogP contribution in [0.15, 0.2) is 0 Å². The standard InChI is InChI=1S/C14H23/c1-2-3-4-14-12-6-10-5-11(8-12)9-13(14)7-10/h10-13H,2-9H2,1H3. The van der Waals surface area contributed by atoms with Crippen LogP contribution < -0.4 is 0 Å². The van der Waals surface area contributed by atoms with Gasteiger partial charge in [-0.3, -0.25) is 0 Å². The van der Waals surface area contributed by atoms with Crippen LogP contribution in [0.5, 0.6) is 0 Å². The highest BCUT2D eigenvalue weighted by atomic mass is 14.5. The zero-order valence-corrected chi connectivity index (χ0v) is 9.47. The number of rotatable bonds is 3. The number of hydrogen-bond acceptors (Lipinski definition) is 0. The minimum absolute atomic E-state index is 1.08. The summed E-state index contributed by atoms with van der Waals surface area (Å²) in [5.74, 6) is 6.46. The van der Waals surface area contributed by atoms with Gasteiger partial charge in [0.2, 0.25) is 0 Å². The first-order chi connectivity index (χ1) is 6.86. The Labute approximate surface area is 88.5 Å². The maximum Gasteiger partial charge on any atom is -0.0179 e. The van der Waals surface area contributed by atoms with Crippen molar-refractivity contribution in [2.24, 2.45) is 23.7 Å². The predicted octanol–water partition coefficient (Wildman–Crippen LogP) is 4.21. The van der Waals surface area contributed by atoms with Crippen LogP contribution >= 0.6 is 0 Å². The molecule has 4 aliphatic rings. The smallest absolute Gasteiger partial charge is 0.0179 e. The van der Waals surface area contributed by atoms with Crippen LogP contribution in [0.25, 0.3) is 0 Å². The third-order valence-electron chi connectivity index (χ3n) is 5.01. The average Bonchev–Trinajstić information content (AvgIpc) is 2.15. The Morgan fingerprint density at radius 2 is 1.50 bits per heavy atom. The highest BCUT2D eigenvalue weighted by Crippen LogP contribution is 2.58. The van der Waals surface area contributed by atoms with Gasteiger partial charge in [-0.25, -0.2) is 0 Å². The van der Waals surface area contributed by atoms with Gasteiger partial charge in [0.1, 0.15) is 0 Å². The van der Waals surface area contributed by atoms with Gasteiger partial charge in [-0.05, 0) is 68.1 Å². The molecule has 0 saturated heterocycles. The average molecular weight is 191 g/mol. The Morgan fingerprint density at radius 3 is 2.00 bits per heavy atom. The summed E-state index contributed by atoms with van der Waals surface area (Å²) in [6.07, 6.45) is 12.2. The molecule has 0 heteroatoms. The largest absolute Gasteiger partial charge is 0.0654 e. The van der Waals surface area contributed by atoms with Crippen molar-refractivity contribution >= 4 is 0 Å². The molecule has 0 unspecified atom stereocenters. The quantitative estimate of drug-likeness (QED) is 0.627. The molecule has 0 spiro atoms. The van der Waals surface area contributed by atoms with Crippen molar-refractivity contribution in [3.63, 3.8) is 0 Å². The van der Waals surface area contributed by atoms with Gasteiger partial charge in [0.05, 0.1) is 0 Å². The number of unbranched alkanes of at least 4 members (excludes halogenated alkanes) is 1. The summed E-state index contributed by atoms with van der Waals surface area (Å²) >= 11 is 0. The Kier molecular flexibility index (Phi) is 2.34. The minimum atomic E-state index is 1.08. The fraction of sp³-hybridized carbons (Fsp3) is 0.929. The molecule has 0 aromatic carbocycles. The lowest BCUT2D eigenvalue weighted by Gasteiger charge is -2.54. The second kappa shape index (κ2) is 3.54. The molecule has 4 aliphatic carbocycles. The molecular weight excluding hydrogens is 168 g/mol. The van der Waals surface area contributed by atoms with Crippen LogP contribution in [0.2, 0.25) is 0 Å². The van der Waals surface area contributed by atoms with Crippen molar-refractivity contribution in [2.45, 2.75) is 58.3 Å². The zero-order valence-electron chi connectivity index (χ0n) is 9.47. The van der Waals surface area contributed by atoms with Crippen molar-refractivity contribution in [1.29, 1.82) is 0 Å². The molecule has 0 aromatic heterocycles. The lowest BCUT2D eigenvalue weighted by Crippen LogP contribution is -2.43. The lowest BCUT2D eigenvalue weighted by molar-refractivity contribution is 0.0369. The molecule has 4 saturated carbocycles. The second-order valence-corrected chi connectivity index (χ2v) is 5.98. The lowest BCUT2D eigenvalue weighted by atomic mass is 9.51. The van der Waals surface area contributed by atoms with Gasteiger partial charge in [-0.2, -0.15) is 0 Å². The molecular formula is C14H23. The van der Waals surface area contributed by atoms with E-state index in [-0.39, 0.29) is 0 Å². The van der Waals surface area contributed by atoms with E-state index in [1.54, 1.807) is 32.1 Å². The first-order valence-electron chi connectivity index (χ1n) is 6.72. The summed E-state index contributed by atoms with van der Waals surface area (Å²) < 4.78 is 0. The Hall–Kier alpha value is 0. The van der Waals surface area contributed by atoms with Gasteiger partial charge in [0, 0.05) is 0 Å². The van der Waals surface area contributed by atoms with Crippen molar-refractivity contribution in [3.05, 3.63) is 5.92 Å². The van der Waals surface area contributed by atoms with Gasteiger partial charge >= 0.3 is 0 Å². The van der Waals surface area contributed by atoms with E-state index in [9.17, 15) is 0 Å². The maximum atomic E-state index is 2.33. The van der Waals surface area contributed by atoms with Crippen LogP contribution in [-0.2, 0) is 0 Å². The van der Waals surface area contributed by atoms with Crippen LogP contribution in [0.3, 0.4) is 0 Å². The molecule has 0 aromatic rings. The minimum Gasteiger partial charge on any atom is -0.0654 e. The second-order valence-electron chi connectivity index (χ2n) is 5.98. The highest BCUT2D eigenvalue weighted by Gasteiger charge is 2.47. The molecule has 79 valence electrons. The van der Waals surface area contributed by atoms with E-state index in [2.05, 4.69) is 6.92 Å². The summed E-state index contributed by atoms with van der Waals surface area (Å²) in [7, 11) is 0. The van der Waals surface area contributed by atoms with Gasteiger partial charge in [-0.1, -0.05) is 19.8 Å². The van der Waals surface area contributed by atoms with Crippen LogP contribution in [0, 0.1) is 29.6 Å². The monoisotopic (exact) mass is 191 g/mol. The third kappa shape index (κ3) is 1.42. The van der Waals surface area contributed by atoms with E-state index in [4.69, 9.17) is 0 Å². The van der Waals surface area contributed by atoms with Gasteiger partial charge in [0.15, 0.2) is 0 Å². The SMILES string of the molecule is CCCC[C]1C2CC3CC(C2)CC1C3. The summed E-state index contributed by atoms with van der Waals surface area (Å²) in [5.41, 5.74) is 0. The molecule has 0 nitrogen and oxygen atoms in total. The first-order valence-corrected chi connectivity index (χ1v) is 6.72. The Balaban J connectivity index is 1.69. The molecule has 14 heavy (non-hydrogen) atoms. The van der Waals surface area contributed by atoms with Gasteiger partial charge in [0.25, 0.3) is 0 Å². The third-order valence-corrected chi connectivity index (χ3v) is 5.01. The van der Waals surface area contributed by atoms with Crippen LogP contribution in [-0.4, -0.2) is 0 Å². The van der Waals surface area contributed by atoms with Gasteiger partial charge in [-0.15, -0.1) is 0 Å². The molecule has 4 bridgehead atoms. The van der Waals surface area contributed by atoms with E-state index in [0.717, 1.165) is 23.7 Å². The number of hydrogen-bond donors (Lipinski definition) is 0. The fourth-order valence-corrected chi connectivity index (χ4v) is 4.58. The maximum absolute atomic E-state index is 2.33. The first kappa shape index (κ1) is 9.24. The van der Waals surface area contributed by atoms with Crippen molar-refractivity contribution in [3.8, 4) is 0 Å². The van der Waals surface area contributed by atoms with Crippen molar-refractivity contribution in [1.82, 2.24) is 0 Å². The van der Waals surface area contributed by atoms with E-state index >= 15 is 0 Å². The van der Waals surface area contributed by atoms with Crippen molar-refractivity contribution in [2.75, 3.05) is 0 Å². The Bertz CT molecular complexity index is 178. The van der Waals surface area contributed by atoms with E-state index in [0.29, 0.717) is 0 Å². The molecule has 4 fully saturated rings. The predicted molar refractivity (Wildman–Crippen MR) is 59.8 cm³/mol. The van der Waals surface area contributed by atoms with Crippen LogP contribution in [0.1, 0.15) is 58.3 Å². The molecule has 0 amide bonds. The Morgan fingerprint density at radius 1 is 0.929 bits per heavy atom. The highest BCUT2D eigenvalue weighted by molar-refractivity contribution is 5.13. The zero-order chi connectivity index (χ0) is 9.54. The van der Waals surface area contributed by atoms with E-state index < -0.39 is 0 Å². The fourth-order valence-electron chi connectivity index (χ4n) is 4.58. The van der Waals surface area contributed by atoms with Gasteiger partial charge < -0.3 is 0 Å². The molecule has 0 N–H and O–H groups in total. The molecule has 0 aliphatic heterocycles. The summed E-state index contributed by atoms with van der Waals surface area (Å²) in [4.78, 5) is 0. The topological polar surface area (TPSA) is 0 Å². The molecule has 0 atom stereocenters. The molecule has 1 radical (unpaired) electrons. The molecule has 0 heterocycles. The summed E-state index contributed by atoms with van der Waals surface area (Å²) in [6, 6.07) is 0. The summed E-state index contributed by atoms with van der Waals surface area (Å²) in [5, 5.41) is 0. The van der Waals surface area contributed by atoms with E-state index in [1.165, 1.54) is 19.3 Å². The normalized spacial score (nSPS) is 46.1. The van der Waals surface area contributed by atoms with Crippen molar-refractivity contribution < 1.29 is 0 Å².